The van der Waals surface area contributed by atoms with Crippen molar-refractivity contribution in [3.05, 3.63) is 93.0 Å². The molecule has 0 unspecified atom stereocenters. The highest BCUT2D eigenvalue weighted by Gasteiger charge is 2.35. The summed E-state index contributed by atoms with van der Waals surface area (Å²) in [6.45, 7) is 0.111. The highest BCUT2D eigenvalue weighted by atomic mass is 35.5. The van der Waals surface area contributed by atoms with Gasteiger partial charge in [-0.15, -0.1) is 0 Å². The van der Waals surface area contributed by atoms with E-state index in [1.165, 1.54) is 35.0 Å². The first-order valence-corrected chi connectivity index (χ1v) is 14.1. The van der Waals surface area contributed by atoms with Crippen molar-refractivity contribution in [1.82, 2.24) is 10.2 Å². The van der Waals surface area contributed by atoms with Gasteiger partial charge in [-0.1, -0.05) is 17.7 Å². The Bertz CT molecular complexity index is 1580. The van der Waals surface area contributed by atoms with Crippen LogP contribution in [0, 0.1) is 23.3 Å². The Morgan fingerprint density at radius 1 is 1.05 bits per heavy atom. The van der Waals surface area contributed by atoms with Crippen LogP contribution in [0.2, 0.25) is 5.02 Å². The van der Waals surface area contributed by atoms with Crippen molar-refractivity contribution in [3.8, 4) is 0 Å². The van der Waals surface area contributed by atoms with Gasteiger partial charge in [0.1, 0.15) is 30.0 Å². The number of carbonyl (C=O) groups is 2. The number of urea groups is 1. The van der Waals surface area contributed by atoms with Gasteiger partial charge in [-0.3, -0.25) is 14.2 Å². The fourth-order valence-electron chi connectivity index (χ4n) is 4.34. The molecule has 0 radical (unpaired) electrons. The van der Waals surface area contributed by atoms with E-state index in [4.69, 9.17) is 21.4 Å². The fourth-order valence-corrected chi connectivity index (χ4v) is 4.85. The Labute approximate surface area is 242 Å². The Hall–Kier alpha value is -3.68. The first-order chi connectivity index (χ1) is 19.7. The number of carbonyl (C=O) groups excluding carboxylic acids is 2. The van der Waals surface area contributed by atoms with Gasteiger partial charge < -0.3 is 25.3 Å². The monoisotopic (exact) mass is 630 g/mol. The summed E-state index contributed by atoms with van der Waals surface area (Å²) in [5, 5.41) is 4.71. The number of nitrogens with one attached hydrogen (secondary N) is 2. The molecular formula is C26H24ClF4N4O6P. The second-order valence-corrected chi connectivity index (χ2v) is 10.9. The van der Waals surface area contributed by atoms with E-state index in [2.05, 4.69) is 15.2 Å². The van der Waals surface area contributed by atoms with Crippen LogP contribution in [0.15, 0.2) is 42.5 Å². The van der Waals surface area contributed by atoms with Gasteiger partial charge in [-0.25, -0.2) is 26.9 Å². The Morgan fingerprint density at radius 2 is 1.71 bits per heavy atom. The third kappa shape index (κ3) is 6.69. The molecule has 0 aromatic heterocycles. The molecule has 10 nitrogen and oxygen atoms in total. The predicted octanol–water partition coefficient (Wildman–Crippen LogP) is 5.44. The van der Waals surface area contributed by atoms with Crippen molar-refractivity contribution in [2.75, 3.05) is 24.0 Å². The Kier molecular flexibility index (Phi) is 9.14. The molecule has 1 aliphatic heterocycles. The van der Waals surface area contributed by atoms with Crippen LogP contribution < -0.4 is 15.5 Å². The van der Waals surface area contributed by atoms with Crippen LogP contribution in [-0.4, -0.2) is 40.4 Å². The first kappa shape index (κ1) is 31.3. The number of benzene rings is 3. The lowest BCUT2D eigenvalue weighted by Crippen LogP contribution is -2.46. The molecule has 0 spiro atoms. The summed E-state index contributed by atoms with van der Waals surface area (Å²) in [5.41, 5.74) is 0.252. The molecule has 3 aromatic rings. The fraction of sp³-hybridized carbons (Fsp3) is 0.231. The van der Waals surface area contributed by atoms with Gasteiger partial charge >= 0.3 is 13.9 Å². The van der Waals surface area contributed by atoms with Crippen LogP contribution in [-0.2, 0) is 22.2 Å². The number of hydrogen-bond acceptors (Lipinski definition) is 5. The van der Waals surface area contributed by atoms with Crippen molar-refractivity contribution >= 4 is 42.7 Å². The van der Waals surface area contributed by atoms with Gasteiger partial charge in [0.05, 0.1) is 29.0 Å². The molecule has 1 atom stereocenters. The van der Waals surface area contributed by atoms with Crippen LogP contribution in [0.3, 0.4) is 0 Å². The molecule has 0 saturated carbocycles. The number of anilines is 2. The Balaban J connectivity index is 1.63. The van der Waals surface area contributed by atoms with Crippen molar-refractivity contribution in [2.45, 2.75) is 26.1 Å². The van der Waals surface area contributed by atoms with E-state index in [-0.39, 0.29) is 27.5 Å². The average molecular weight is 631 g/mol. The van der Waals surface area contributed by atoms with Gasteiger partial charge in [0, 0.05) is 42.4 Å². The molecule has 1 aliphatic rings. The molecule has 0 saturated heterocycles. The van der Waals surface area contributed by atoms with Gasteiger partial charge in [0.15, 0.2) is 0 Å². The number of phosphoric ester groups is 1. The van der Waals surface area contributed by atoms with Gasteiger partial charge in [0.2, 0.25) is 0 Å². The minimum Gasteiger partial charge on any atom is -0.361 e. The second kappa shape index (κ2) is 12.3. The van der Waals surface area contributed by atoms with Gasteiger partial charge in [-0.2, -0.15) is 0 Å². The van der Waals surface area contributed by atoms with Crippen LogP contribution in [0.1, 0.15) is 40.0 Å². The normalized spacial score (nSPS) is 15.1. The SMILES string of the molecule is C[C@H]1c2ccc(C(=O)NCc3c(F)cc(F)cc3F)cc2N(Cc2c(F)ccc(NCOP(=O)(O)O)c2Cl)C(=O)N1C. The molecule has 1 heterocycles. The maximum Gasteiger partial charge on any atom is 0.471 e. The highest BCUT2D eigenvalue weighted by Crippen LogP contribution is 2.40. The molecule has 4 N–H and O–H groups in total. The Morgan fingerprint density at radius 3 is 2.36 bits per heavy atom. The molecule has 0 aliphatic carbocycles. The third-order valence-corrected chi connectivity index (χ3v) is 7.57. The summed E-state index contributed by atoms with van der Waals surface area (Å²) in [5.74, 6) is -4.98. The number of nitrogens with zero attached hydrogens (tertiary/aromatic N) is 2. The minimum absolute atomic E-state index is 0.0165. The highest BCUT2D eigenvalue weighted by molar-refractivity contribution is 7.46. The van der Waals surface area contributed by atoms with E-state index >= 15 is 0 Å². The second-order valence-electron chi connectivity index (χ2n) is 9.29. The molecule has 0 bridgehead atoms. The van der Waals surface area contributed by atoms with Gasteiger partial charge in [-0.05, 0) is 36.8 Å². The number of halogens is 5. The summed E-state index contributed by atoms with van der Waals surface area (Å²) in [6, 6.07) is 6.64. The molecule has 224 valence electrons. The summed E-state index contributed by atoms with van der Waals surface area (Å²) in [4.78, 5) is 46.6. The number of phosphoric acid groups is 1. The van der Waals surface area contributed by atoms with E-state index in [1.807, 2.05) is 0 Å². The standard InChI is InChI=1S/C26H24ClF4N4O6P/c1-13-16-4-3-14(25(36)32-10-17-20(30)8-15(28)9-21(17)31)7-23(16)35(26(37)34(13)2)11-18-19(29)5-6-22(24(18)27)33-12-41-42(38,39)40/h3-9,13,33H,10-12H2,1-2H3,(H,32,36)(H2,38,39,40)/t13-/m0/s1. The summed E-state index contributed by atoms with van der Waals surface area (Å²) in [7, 11) is -3.26. The average Bonchev–Trinajstić information content (AvgIpc) is 2.91. The molecule has 3 amide bonds. The smallest absolute Gasteiger partial charge is 0.361 e. The lowest BCUT2D eigenvalue weighted by molar-refractivity contribution is 0.0950. The van der Waals surface area contributed by atoms with Crippen molar-refractivity contribution in [3.63, 3.8) is 0 Å². The zero-order chi connectivity index (χ0) is 30.9. The number of rotatable bonds is 9. The van der Waals surface area contributed by atoms with E-state index < -0.39 is 74.5 Å². The topological polar surface area (TPSA) is 131 Å². The van der Waals surface area contributed by atoms with Crippen LogP contribution in [0.4, 0.5) is 33.7 Å². The van der Waals surface area contributed by atoms with Crippen molar-refractivity contribution in [1.29, 1.82) is 0 Å². The lowest BCUT2D eigenvalue weighted by atomic mass is 9.98. The maximum absolute atomic E-state index is 15.0. The molecule has 42 heavy (non-hydrogen) atoms. The lowest BCUT2D eigenvalue weighted by Gasteiger charge is -2.40. The molecule has 0 fully saturated rings. The predicted molar refractivity (Wildman–Crippen MR) is 145 cm³/mol. The van der Waals surface area contributed by atoms with Crippen LogP contribution >= 0.6 is 19.4 Å². The molecule has 3 aromatic carbocycles. The molecular weight excluding hydrogens is 607 g/mol. The summed E-state index contributed by atoms with van der Waals surface area (Å²) >= 11 is 6.39. The summed E-state index contributed by atoms with van der Waals surface area (Å²) < 4.78 is 71.5. The van der Waals surface area contributed by atoms with Crippen LogP contribution in [0.5, 0.6) is 0 Å². The number of amides is 3. The van der Waals surface area contributed by atoms with Crippen molar-refractivity contribution in [2.24, 2.45) is 0 Å². The van der Waals surface area contributed by atoms with Crippen molar-refractivity contribution < 1.29 is 46.0 Å². The molecule has 16 heteroatoms. The first-order valence-electron chi connectivity index (χ1n) is 12.2. The van der Waals surface area contributed by atoms with E-state index in [0.717, 1.165) is 6.07 Å². The quantitative estimate of drug-likeness (QED) is 0.141. The maximum atomic E-state index is 15.0. The minimum atomic E-state index is -4.79. The zero-order valence-corrected chi connectivity index (χ0v) is 23.6. The van der Waals surface area contributed by atoms with E-state index in [0.29, 0.717) is 17.7 Å². The number of fused-ring (bicyclic) bond motifs is 1. The van der Waals surface area contributed by atoms with Gasteiger partial charge in [0.25, 0.3) is 5.91 Å². The third-order valence-electron chi connectivity index (χ3n) is 6.68. The zero-order valence-electron chi connectivity index (χ0n) is 22.0. The van der Waals surface area contributed by atoms with E-state index in [1.54, 1.807) is 13.0 Å². The van der Waals surface area contributed by atoms with E-state index in [9.17, 15) is 31.7 Å². The molecule has 4 rings (SSSR count). The summed E-state index contributed by atoms with van der Waals surface area (Å²) in [6.07, 6.45) is 0. The number of hydrogen-bond donors (Lipinski definition) is 4. The van der Waals surface area contributed by atoms with Crippen LogP contribution in [0.25, 0.3) is 0 Å². The largest absolute Gasteiger partial charge is 0.471 e.